The van der Waals surface area contributed by atoms with Gasteiger partial charge in [-0.3, -0.25) is 4.79 Å². The summed E-state index contributed by atoms with van der Waals surface area (Å²) in [6.45, 7) is 0.108. The molecule has 12 heteroatoms. The van der Waals surface area contributed by atoms with Gasteiger partial charge in [0.15, 0.2) is 5.69 Å². The normalized spacial score (nSPS) is 11.1. The number of anilines is 1. The molecule has 0 saturated carbocycles. The number of aromatic nitrogens is 5. The minimum Gasteiger partial charge on any atom is -0.489 e. The molecule has 11 nitrogen and oxygen atoms in total. The first-order valence-electron chi connectivity index (χ1n) is 11.0. The lowest BCUT2D eigenvalue weighted by Crippen LogP contribution is -2.19. The van der Waals surface area contributed by atoms with Gasteiger partial charge >= 0.3 is 0 Å². The van der Waals surface area contributed by atoms with Crippen LogP contribution in [0.15, 0.2) is 88.6 Å². The Hall–Kier alpha value is -5.39. The summed E-state index contributed by atoms with van der Waals surface area (Å²) in [5.74, 6) is -0.255. The maximum atomic E-state index is 13.7. The summed E-state index contributed by atoms with van der Waals surface area (Å²) in [5, 5.41) is 19.3. The lowest BCUT2D eigenvalue weighted by atomic mass is 10.1. The molecule has 0 aliphatic heterocycles. The van der Waals surface area contributed by atoms with Gasteiger partial charge in [-0.15, -0.1) is 5.10 Å². The quantitative estimate of drug-likeness (QED) is 0.245. The molecule has 0 radical (unpaired) electrons. The van der Waals surface area contributed by atoms with Crippen molar-refractivity contribution in [1.82, 2.24) is 30.7 Å². The molecule has 184 valence electrons. The predicted molar refractivity (Wildman–Crippen MR) is 131 cm³/mol. The maximum absolute atomic E-state index is 13.7. The second-order valence-electron chi connectivity index (χ2n) is 7.69. The summed E-state index contributed by atoms with van der Waals surface area (Å²) in [6.07, 6.45) is 1.46. The molecule has 0 unspecified atom stereocenters. The van der Waals surface area contributed by atoms with E-state index in [1.807, 2.05) is 6.07 Å². The second-order valence-corrected chi connectivity index (χ2v) is 7.69. The molecular formula is C25H19FN8O3. The molecule has 37 heavy (non-hydrogen) atoms. The zero-order chi connectivity index (χ0) is 25.6. The highest BCUT2D eigenvalue weighted by Gasteiger charge is 2.25. The van der Waals surface area contributed by atoms with Crippen LogP contribution in [0.3, 0.4) is 0 Å². The van der Waals surface area contributed by atoms with Crippen LogP contribution in [0.1, 0.15) is 21.6 Å². The van der Waals surface area contributed by atoms with E-state index in [4.69, 9.17) is 10.5 Å². The van der Waals surface area contributed by atoms with E-state index in [1.165, 1.54) is 17.0 Å². The summed E-state index contributed by atoms with van der Waals surface area (Å²) in [4.78, 5) is 12.9. The molecule has 3 N–H and O–H groups in total. The van der Waals surface area contributed by atoms with Crippen LogP contribution in [0.4, 0.5) is 10.2 Å². The van der Waals surface area contributed by atoms with Gasteiger partial charge in [-0.2, -0.15) is 9.78 Å². The van der Waals surface area contributed by atoms with Gasteiger partial charge in [-0.25, -0.2) is 14.4 Å². The van der Waals surface area contributed by atoms with Crippen molar-refractivity contribution in [2.45, 2.75) is 6.61 Å². The Morgan fingerprint density at radius 2 is 1.81 bits per heavy atom. The van der Waals surface area contributed by atoms with Crippen LogP contribution < -0.4 is 15.9 Å². The molecule has 3 aromatic carbocycles. The summed E-state index contributed by atoms with van der Waals surface area (Å²) in [7, 11) is 0. The number of rotatable bonds is 8. The zero-order valence-corrected chi connectivity index (χ0v) is 19.2. The van der Waals surface area contributed by atoms with Crippen LogP contribution in [0.5, 0.6) is 5.75 Å². The lowest BCUT2D eigenvalue weighted by molar-refractivity contribution is 0.0950. The molecule has 1 amide bonds. The molecule has 5 aromatic rings. The van der Waals surface area contributed by atoms with Crippen molar-refractivity contribution >= 4 is 17.9 Å². The van der Waals surface area contributed by atoms with Gasteiger partial charge in [-0.1, -0.05) is 53.7 Å². The van der Waals surface area contributed by atoms with E-state index >= 15 is 0 Å². The van der Waals surface area contributed by atoms with Crippen molar-refractivity contribution in [3.8, 4) is 22.8 Å². The second kappa shape index (κ2) is 10.5. The first kappa shape index (κ1) is 23.4. The van der Waals surface area contributed by atoms with Gasteiger partial charge in [0.2, 0.25) is 11.6 Å². The zero-order valence-electron chi connectivity index (χ0n) is 19.2. The van der Waals surface area contributed by atoms with Gasteiger partial charge in [0.05, 0.1) is 6.21 Å². The minimum absolute atomic E-state index is 0.00245. The van der Waals surface area contributed by atoms with Crippen LogP contribution in [-0.2, 0) is 6.61 Å². The van der Waals surface area contributed by atoms with E-state index in [1.54, 1.807) is 66.7 Å². The predicted octanol–water partition coefficient (Wildman–Crippen LogP) is 3.38. The number of hydrogen-bond donors (Lipinski definition) is 2. The third-order valence-corrected chi connectivity index (χ3v) is 5.24. The number of halogens is 1. The molecule has 0 fully saturated rings. The number of amides is 1. The van der Waals surface area contributed by atoms with Gasteiger partial charge < -0.3 is 10.5 Å². The lowest BCUT2D eigenvalue weighted by Gasteiger charge is -2.07. The fourth-order valence-corrected chi connectivity index (χ4v) is 3.42. The van der Waals surface area contributed by atoms with Crippen LogP contribution >= 0.6 is 0 Å². The molecule has 5 rings (SSSR count). The van der Waals surface area contributed by atoms with E-state index in [2.05, 4.69) is 35.8 Å². The first-order valence-corrected chi connectivity index (χ1v) is 11.0. The van der Waals surface area contributed by atoms with Crippen molar-refractivity contribution in [2.24, 2.45) is 5.10 Å². The molecule has 2 aromatic heterocycles. The Morgan fingerprint density at radius 3 is 2.54 bits per heavy atom. The average molecular weight is 498 g/mol. The number of benzene rings is 3. The molecular weight excluding hydrogens is 479 g/mol. The van der Waals surface area contributed by atoms with E-state index in [0.29, 0.717) is 28.1 Å². The fourth-order valence-electron chi connectivity index (χ4n) is 3.42. The fraction of sp³-hybridized carbons (Fsp3) is 0.0400. The number of nitrogens with one attached hydrogen (secondary N) is 1. The van der Waals surface area contributed by atoms with E-state index in [0.717, 1.165) is 0 Å². The molecule has 0 aliphatic carbocycles. The number of hydrogen-bond acceptors (Lipinski definition) is 9. The largest absolute Gasteiger partial charge is 0.489 e. The highest BCUT2D eigenvalue weighted by molar-refractivity contribution is 5.98. The topological polar surface area (TPSA) is 146 Å². The Kier molecular flexibility index (Phi) is 6.61. The number of nitrogens with zero attached hydrogens (tertiary/aromatic N) is 6. The molecule has 0 atom stereocenters. The third-order valence-electron chi connectivity index (χ3n) is 5.24. The number of hydrazone groups is 1. The van der Waals surface area contributed by atoms with Crippen LogP contribution in [0.25, 0.3) is 17.1 Å². The summed E-state index contributed by atoms with van der Waals surface area (Å²) in [5.41, 5.74) is 10.4. The Bertz CT molecular complexity index is 1550. The molecule has 0 spiro atoms. The Labute approximate surface area is 209 Å². The van der Waals surface area contributed by atoms with E-state index in [-0.39, 0.29) is 29.8 Å². The van der Waals surface area contributed by atoms with E-state index < -0.39 is 5.91 Å². The van der Waals surface area contributed by atoms with E-state index in [9.17, 15) is 9.18 Å². The van der Waals surface area contributed by atoms with Crippen molar-refractivity contribution in [1.29, 1.82) is 0 Å². The molecule has 2 heterocycles. The molecule has 0 saturated heterocycles. The van der Waals surface area contributed by atoms with Crippen LogP contribution in [0, 0.1) is 5.82 Å². The molecule has 0 aliphatic rings. The van der Waals surface area contributed by atoms with Crippen molar-refractivity contribution in [3.05, 3.63) is 102 Å². The van der Waals surface area contributed by atoms with Crippen LogP contribution in [-0.4, -0.2) is 37.4 Å². The number of nitrogen functional groups attached to an aromatic ring is 1. The smallest absolute Gasteiger partial charge is 0.294 e. The number of carbonyl (C=O) groups is 1. The van der Waals surface area contributed by atoms with Gasteiger partial charge in [0.1, 0.15) is 23.9 Å². The van der Waals surface area contributed by atoms with Crippen molar-refractivity contribution < 1.29 is 18.6 Å². The Balaban J connectivity index is 1.28. The minimum atomic E-state index is -0.596. The number of ether oxygens (including phenoxy) is 1. The van der Waals surface area contributed by atoms with Gasteiger partial charge in [0.25, 0.3) is 5.91 Å². The maximum Gasteiger partial charge on any atom is 0.294 e. The third kappa shape index (κ3) is 5.17. The molecule has 0 bridgehead atoms. The summed E-state index contributed by atoms with van der Waals surface area (Å²) < 4.78 is 25.3. The van der Waals surface area contributed by atoms with Crippen molar-refractivity contribution in [2.75, 3.05) is 5.73 Å². The highest BCUT2D eigenvalue weighted by Crippen LogP contribution is 2.26. The number of carbonyl (C=O) groups excluding carboxylic acids is 1. The summed E-state index contributed by atoms with van der Waals surface area (Å²) >= 11 is 0. The standard InChI is InChI=1S/C25H19FN8O3/c26-20-9-5-4-8-18(20)15-36-19-12-10-16(11-13-19)14-28-30-25(35)21-22(17-6-2-1-3-7-17)34(33-29-21)24-23(27)31-37-32-24/h1-14H,15H2,(H2,27,31)(H,30,35)/b28-14-. The number of nitrogens with two attached hydrogens (primary N) is 1. The highest BCUT2D eigenvalue weighted by atomic mass is 19.1. The van der Waals surface area contributed by atoms with Crippen LogP contribution in [0.2, 0.25) is 0 Å². The summed E-state index contributed by atoms with van der Waals surface area (Å²) in [6, 6.07) is 22.4. The van der Waals surface area contributed by atoms with Gasteiger partial charge in [-0.05, 0) is 46.2 Å². The monoisotopic (exact) mass is 498 g/mol. The SMILES string of the molecule is Nc1nonc1-n1nnc(C(=O)N/N=C\c2ccc(OCc3ccccc3F)cc2)c1-c1ccccc1. The van der Waals surface area contributed by atoms with Crippen molar-refractivity contribution in [3.63, 3.8) is 0 Å². The van der Waals surface area contributed by atoms with Gasteiger partial charge in [0, 0.05) is 11.1 Å². The first-order chi connectivity index (χ1) is 18.1. The Morgan fingerprint density at radius 1 is 1.05 bits per heavy atom. The average Bonchev–Trinajstić information content (AvgIpc) is 3.55.